The minimum atomic E-state index is -0.0137. The first kappa shape index (κ1) is 12.2. The molecule has 17 heavy (non-hydrogen) atoms. The first-order chi connectivity index (χ1) is 8.06. The van der Waals surface area contributed by atoms with Crippen molar-refractivity contribution in [3.63, 3.8) is 0 Å². The van der Waals surface area contributed by atoms with E-state index >= 15 is 0 Å². The third kappa shape index (κ3) is 2.91. The minimum absolute atomic E-state index is 0.0137. The number of Topliss-reactive ketones (excluding diaryl/α,β-unsaturated/α-hetero) is 1. The average molecular weight is 252 g/mol. The lowest BCUT2D eigenvalue weighted by Gasteiger charge is -2.12. The largest absolute Gasteiger partial charge is 0.316 e. The molecular formula is C12H16N2O2S. The summed E-state index contributed by atoms with van der Waals surface area (Å²) in [4.78, 5) is 27.3. The number of aromatic nitrogens is 1. The third-order valence-corrected chi connectivity index (χ3v) is 4.14. The van der Waals surface area contributed by atoms with E-state index in [1.807, 2.05) is 13.8 Å². The second kappa shape index (κ2) is 4.96. The topological polar surface area (TPSA) is 59.1 Å². The summed E-state index contributed by atoms with van der Waals surface area (Å²) >= 11 is 1.47. The Labute approximate surface area is 104 Å². The Morgan fingerprint density at radius 3 is 2.94 bits per heavy atom. The molecule has 0 aliphatic heterocycles. The first-order valence-corrected chi connectivity index (χ1v) is 6.63. The van der Waals surface area contributed by atoms with Crippen LogP contribution in [0.15, 0.2) is 6.20 Å². The third-order valence-electron chi connectivity index (χ3n) is 3.31. The van der Waals surface area contributed by atoms with Crippen molar-refractivity contribution in [1.82, 2.24) is 4.98 Å². The first-order valence-electron chi connectivity index (χ1n) is 5.81. The predicted octanol–water partition coefficient (Wildman–Crippen LogP) is 2.40. The molecule has 1 amide bonds. The summed E-state index contributed by atoms with van der Waals surface area (Å²) in [5.41, 5.74) is 0. The van der Waals surface area contributed by atoms with Crippen LogP contribution in [0.4, 0.5) is 5.00 Å². The van der Waals surface area contributed by atoms with Crippen LogP contribution in [0.25, 0.3) is 0 Å². The quantitative estimate of drug-likeness (QED) is 0.898. The zero-order valence-electron chi connectivity index (χ0n) is 10.0. The Hall–Kier alpha value is -1.23. The van der Waals surface area contributed by atoms with Gasteiger partial charge in [0.1, 0.15) is 10.8 Å². The number of thiazole rings is 1. The molecule has 5 heteroatoms. The smallest absolute Gasteiger partial charge is 0.225 e. The number of carbonyl (C=O) groups excluding carboxylic acids is 2. The molecule has 0 bridgehead atoms. The molecule has 1 aromatic heterocycles. The maximum Gasteiger partial charge on any atom is 0.225 e. The lowest BCUT2D eigenvalue weighted by atomic mass is 9.94. The highest BCUT2D eigenvalue weighted by Crippen LogP contribution is 2.31. The Morgan fingerprint density at radius 1 is 1.65 bits per heavy atom. The fourth-order valence-corrected chi connectivity index (χ4v) is 2.89. The summed E-state index contributed by atoms with van der Waals surface area (Å²) in [5, 5.41) is 4.55. The minimum Gasteiger partial charge on any atom is -0.316 e. The molecule has 1 saturated carbocycles. The summed E-state index contributed by atoms with van der Waals surface area (Å²) in [5.74, 6) is 0.511. The molecule has 2 unspecified atom stereocenters. The number of ketones is 1. The van der Waals surface area contributed by atoms with Crippen LogP contribution in [0.3, 0.4) is 0 Å². The van der Waals surface area contributed by atoms with Crippen LogP contribution in [0.1, 0.15) is 31.2 Å². The molecule has 2 atom stereocenters. The summed E-state index contributed by atoms with van der Waals surface area (Å²) in [6.45, 7) is 3.82. The van der Waals surface area contributed by atoms with E-state index in [4.69, 9.17) is 0 Å². The van der Waals surface area contributed by atoms with Crippen molar-refractivity contribution in [2.45, 2.75) is 33.1 Å². The zero-order valence-corrected chi connectivity index (χ0v) is 10.8. The van der Waals surface area contributed by atoms with Crippen molar-refractivity contribution in [3.05, 3.63) is 11.2 Å². The summed E-state index contributed by atoms with van der Waals surface area (Å²) in [7, 11) is 0. The van der Waals surface area contributed by atoms with Gasteiger partial charge in [-0.05, 0) is 19.3 Å². The molecule has 1 aliphatic carbocycles. The van der Waals surface area contributed by atoms with Gasteiger partial charge in [0.05, 0.1) is 11.2 Å². The summed E-state index contributed by atoms with van der Waals surface area (Å²) in [6, 6.07) is 0. The van der Waals surface area contributed by atoms with Crippen LogP contribution in [-0.2, 0) is 9.59 Å². The Morgan fingerprint density at radius 2 is 2.41 bits per heavy atom. The van der Waals surface area contributed by atoms with Gasteiger partial charge in [0.25, 0.3) is 0 Å². The van der Waals surface area contributed by atoms with Crippen molar-refractivity contribution >= 4 is 28.0 Å². The van der Waals surface area contributed by atoms with Crippen molar-refractivity contribution < 1.29 is 9.59 Å². The van der Waals surface area contributed by atoms with Crippen molar-refractivity contribution in [2.24, 2.45) is 11.8 Å². The molecule has 1 heterocycles. The predicted molar refractivity (Wildman–Crippen MR) is 67.0 cm³/mol. The molecule has 0 saturated heterocycles. The van der Waals surface area contributed by atoms with E-state index in [1.165, 1.54) is 11.3 Å². The number of carbonyl (C=O) groups is 2. The highest BCUT2D eigenvalue weighted by molar-refractivity contribution is 7.15. The molecule has 0 spiro atoms. The molecular weight excluding hydrogens is 236 g/mol. The highest BCUT2D eigenvalue weighted by Gasteiger charge is 2.32. The van der Waals surface area contributed by atoms with Gasteiger partial charge in [0.2, 0.25) is 5.91 Å². The molecule has 1 N–H and O–H groups in total. The van der Waals surface area contributed by atoms with Crippen LogP contribution in [-0.4, -0.2) is 16.7 Å². The second-order valence-electron chi connectivity index (χ2n) is 4.55. The second-order valence-corrected chi connectivity index (χ2v) is 5.78. The standard InChI is InChI=1S/C12H16N2O2S/c1-7-9(3-4-10(7)15)5-11(16)14-12-6-13-8(2)17-12/h6-7,9H,3-5H2,1-2H3,(H,14,16). The molecule has 0 radical (unpaired) electrons. The maximum absolute atomic E-state index is 11.8. The van der Waals surface area contributed by atoms with Gasteiger partial charge in [-0.3, -0.25) is 9.59 Å². The van der Waals surface area contributed by atoms with E-state index in [-0.39, 0.29) is 23.5 Å². The number of aryl methyl sites for hydroxylation is 1. The molecule has 1 fully saturated rings. The monoisotopic (exact) mass is 252 g/mol. The fourth-order valence-electron chi connectivity index (χ4n) is 2.19. The molecule has 4 nitrogen and oxygen atoms in total. The van der Waals surface area contributed by atoms with Gasteiger partial charge >= 0.3 is 0 Å². The van der Waals surface area contributed by atoms with Crippen molar-refractivity contribution in [2.75, 3.05) is 5.32 Å². The van der Waals surface area contributed by atoms with Crippen LogP contribution in [0, 0.1) is 18.8 Å². The van der Waals surface area contributed by atoms with E-state index in [0.29, 0.717) is 12.8 Å². The van der Waals surface area contributed by atoms with Gasteiger partial charge in [0.15, 0.2) is 0 Å². The molecule has 1 aliphatic rings. The van der Waals surface area contributed by atoms with Crippen LogP contribution < -0.4 is 5.32 Å². The lowest BCUT2D eigenvalue weighted by Crippen LogP contribution is -2.19. The average Bonchev–Trinajstić information content (AvgIpc) is 2.79. The van der Waals surface area contributed by atoms with Crippen molar-refractivity contribution in [1.29, 1.82) is 0 Å². The molecule has 2 rings (SSSR count). The zero-order chi connectivity index (χ0) is 12.4. The SMILES string of the molecule is Cc1ncc(NC(=O)CC2CCC(=O)C2C)s1. The summed E-state index contributed by atoms with van der Waals surface area (Å²) in [6.07, 6.45) is 3.57. The van der Waals surface area contributed by atoms with Gasteiger partial charge < -0.3 is 5.32 Å². The Balaban J connectivity index is 1.87. The van der Waals surface area contributed by atoms with Gasteiger partial charge in [0, 0.05) is 18.8 Å². The molecule has 1 aromatic rings. The number of rotatable bonds is 3. The summed E-state index contributed by atoms with van der Waals surface area (Å²) < 4.78 is 0. The van der Waals surface area contributed by atoms with Crippen LogP contribution in [0.2, 0.25) is 0 Å². The van der Waals surface area contributed by atoms with E-state index in [9.17, 15) is 9.59 Å². The van der Waals surface area contributed by atoms with Gasteiger partial charge in [-0.1, -0.05) is 6.92 Å². The number of hydrogen-bond acceptors (Lipinski definition) is 4. The fraction of sp³-hybridized carbons (Fsp3) is 0.583. The van der Waals surface area contributed by atoms with Gasteiger partial charge in [-0.2, -0.15) is 0 Å². The van der Waals surface area contributed by atoms with Gasteiger partial charge in [-0.15, -0.1) is 11.3 Å². The number of anilines is 1. The number of nitrogens with zero attached hydrogens (tertiary/aromatic N) is 1. The Kier molecular flexibility index (Phi) is 3.57. The van der Waals surface area contributed by atoms with E-state index in [0.717, 1.165) is 16.4 Å². The molecule has 0 aromatic carbocycles. The Bertz CT molecular complexity index is 441. The van der Waals surface area contributed by atoms with Crippen LogP contribution in [0.5, 0.6) is 0 Å². The maximum atomic E-state index is 11.8. The van der Waals surface area contributed by atoms with Gasteiger partial charge in [-0.25, -0.2) is 4.98 Å². The number of nitrogens with one attached hydrogen (secondary N) is 1. The normalized spacial score (nSPS) is 24.0. The number of amides is 1. The van der Waals surface area contributed by atoms with E-state index < -0.39 is 0 Å². The highest BCUT2D eigenvalue weighted by atomic mass is 32.1. The van der Waals surface area contributed by atoms with E-state index in [2.05, 4.69) is 10.3 Å². The number of hydrogen-bond donors (Lipinski definition) is 1. The van der Waals surface area contributed by atoms with E-state index in [1.54, 1.807) is 6.20 Å². The molecule has 92 valence electrons. The lowest BCUT2D eigenvalue weighted by molar-refractivity contribution is -0.121. The van der Waals surface area contributed by atoms with Crippen LogP contribution >= 0.6 is 11.3 Å². The van der Waals surface area contributed by atoms with Crippen molar-refractivity contribution in [3.8, 4) is 0 Å².